The summed E-state index contributed by atoms with van der Waals surface area (Å²) >= 11 is 0. The van der Waals surface area contributed by atoms with Crippen LogP contribution in [0.3, 0.4) is 0 Å². The maximum Gasteiger partial charge on any atom is 4.00 e. The van der Waals surface area contributed by atoms with Crippen molar-refractivity contribution in [3.05, 3.63) is 134 Å². The van der Waals surface area contributed by atoms with Crippen molar-refractivity contribution in [3.63, 3.8) is 0 Å². The molecule has 0 aliphatic rings. The van der Waals surface area contributed by atoms with Crippen molar-refractivity contribution in [2.45, 2.75) is 39.4 Å². The molecule has 2 radical (unpaired) electrons. The molecule has 4 aromatic carbocycles. The van der Waals surface area contributed by atoms with Crippen molar-refractivity contribution >= 4 is 20.3 Å². The van der Waals surface area contributed by atoms with Crippen molar-refractivity contribution in [2.75, 3.05) is 0 Å². The molecule has 0 atom stereocenters. The van der Waals surface area contributed by atoms with Gasteiger partial charge >= 0.3 is 26.2 Å². The van der Waals surface area contributed by atoms with Crippen LogP contribution in [0.1, 0.15) is 31.9 Å². The van der Waals surface area contributed by atoms with E-state index in [2.05, 4.69) is 69.4 Å². The number of hydrogen-bond donors (Lipinski definition) is 0. The zero-order chi connectivity index (χ0) is 23.5. The van der Waals surface area contributed by atoms with Crippen molar-refractivity contribution in [2.24, 2.45) is 0 Å². The molecule has 0 unspecified atom stereocenters. The summed E-state index contributed by atoms with van der Waals surface area (Å²) in [5.41, 5.74) is 8.83. The fraction of sp³-hybridized carbons (Fsp3) is 0.207. The molecule has 0 spiro atoms. The van der Waals surface area contributed by atoms with E-state index in [1.807, 2.05) is 81.4 Å². The zero-order valence-electron chi connectivity index (χ0n) is 20.2. The molecule has 32 heavy (non-hydrogen) atoms. The standard InChI is InChI=1S/C9H7.2C7H7.C4H10N.C2H6Si.Zr/c1-2-5-9-7-3-6-8(9)4-1;2*1-7-5-3-2-4-6-7;1-4(2,3)5;1-3-2;/h1-7H;2*2-6H,1H2;5H,1-3H3;1-2H3;/q4*-1;;+4. The third kappa shape index (κ3) is 21.3. The molecule has 3 heteroatoms. The molecule has 1 nitrogen and oxygen atoms in total. The number of benzene rings is 3. The van der Waals surface area contributed by atoms with Gasteiger partial charge in [-0.1, -0.05) is 52.1 Å². The fourth-order valence-electron chi connectivity index (χ4n) is 2.03. The molecule has 0 bridgehead atoms. The second-order valence-corrected chi connectivity index (χ2v) is 8.88. The summed E-state index contributed by atoms with van der Waals surface area (Å²) in [4.78, 5) is 0. The first kappa shape index (κ1) is 32.3. The Bertz CT molecular complexity index is 823. The molecule has 0 saturated heterocycles. The molecule has 166 valence electrons. The van der Waals surface area contributed by atoms with E-state index in [1.54, 1.807) is 0 Å². The van der Waals surface area contributed by atoms with Gasteiger partial charge in [0, 0.05) is 9.52 Å². The smallest absolute Gasteiger partial charge is 0.673 e. The minimum atomic E-state index is -0.250. The van der Waals surface area contributed by atoms with E-state index >= 15 is 0 Å². The molecule has 0 fully saturated rings. The van der Waals surface area contributed by atoms with E-state index in [0.717, 1.165) is 20.6 Å². The monoisotopic (exact) mass is 517 g/mol. The molecule has 1 N–H and O–H groups in total. The van der Waals surface area contributed by atoms with Crippen LogP contribution in [0.25, 0.3) is 16.5 Å². The SMILES string of the molecule is CC(C)(C)[NH-].C[Si]C.[CH2-]c1ccccc1.[CH2-]c1ccccc1.[Zr+4].c1ccc2[cH-]ccc2c1. The number of rotatable bonds is 0. The molecule has 0 aromatic heterocycles. The largest absolute Gasteiger partial charge is 4.00 e. The first-order valence-electron chi connectivity index (χ1n) is 10.3. The van der Waals surface area contributed by atoms with Crippen LogP contribution in [-0.4, -0.2) is 15.1 Å². The van der Waals surface area contributed by atoms with Crippen LogP contribution >= 0.6 is 0 Å². The minimum absolute atomic E-state index is 0. The summed E-state index contributed by atoms with van der Waals surface area (Å²) in [6.07, 6.45) is 0. The molecule has 0 heterocycles. The number of nitrogens with one attached hydrogen (secondary N) is 1. The van der Waals surface area contributed by atoms with Gasteiger partial charge in [0.15, 0.2) is 0 Å². The van der Waals surface area contributed by atoms with Crippen LogP contribution in [0.5, 0.6) is 0 Å². The van der Waals surface area contributed by atoms with Gasteiger partial charge in [-0.15, -0.1) is 59.5 Å². The van der Waals surface area contributed by atoms with Crippen LogP contribution in [0.2, 0.25) is 13.1 Å². The predicted octanol–water partition coefficient (Wildman–Crippen LogP) is 8.92. The number of fused-ring (bicyclic) bond motifs is 1. The van der Waals surface area contributed by atoms with Gasteiger partial charge in [-0.25, -0.2) is 0 Å². The Labute approximate surface area is 218 Å². The average molecular weight is 519 g/mol. The molecule has 0 aliphatic heterocycles. The Balaban J connectivity index is 0. The van der Waals surface area contributed by atoms with Crippen LogP contribution in [-0.2, 0) is 26.2 Å². The van der Waals surface area contributed by atoms with Gasteiger partial charge in [-0.2, -0.15) is 66.8 Å². The molecule has 0 amide bonds. The molecule has 0 saturated carbocycles. The summed E-state index contributed by atoms with van der Waals surface area (Å²) < 4.78 is 0. The van der Waals surface area contributed by atoms with Gasteiger partial charge in [0.25, 0.3) is 0 Å². The summed E-state index contributed by atoms with van der Waals surface area (Å²) in [6, 6.07) is 34.4. The second kappa shape index (κ2) is 19.7. The average Bonchev–Trinajstić information content (AvgIpc) is 3.18. The Kier molecular flexibility index (Phi) is 19.9. The van der Waals surface area contributed by atoms with Gasteiger partial charge in [0.1, 0.15) is 0 Å². The molecule has 4 aromatic rings. The van der Waals surface area contributed by atoms with Gasteiger partial charge in [-0.05, 0) is 0 Å². The van der Waals surface area contributed by atoms with Crippen LogP contribution < -0.4 is 0 Å². The molecular formula is C29H37NSiZr. The van der Waals surface area contributed by atoms with Crippen molar-refractivity contribution in [3.8, 4) is 0 Å². The van der Waals surface area contributed by atoms with E-state index in [1.165, 1.54) is 10.8 Å². The van der Waals surface area contributed by atoms with Crippen molar-refractivity contribution in [1.29, 1.82) is 0 Å². The first-order valence-corrected chi connectivity index (χ1v) is 12.3. The summed E-state index contributed by atoms with van der Waals surface area (Å²) in [5, 5.41) is 2.66. The van der Waals surface area contributed by atoms with E-state index in [9.17, 15) is 0 Å². The normalized spacial score (nSPS) is 9.06. The minimum Gasteiger partial charge on any atom is -0.673 e. The molecular weight excluding hydrogens is 482 g/mol. The molecule has 0 aliphatic carbocycles. The fourth-order valence-corrected chi connectivity index (χ4v) is 2.03. The van der Waals surface area contributed by atoms with Gasteiger partial charge < -0.3 is 5.73 Å². The van der Waals surface area contributed by atoms with Gasteiger partial charge in [-0.3, -0.25) is 0 Å². The Hall–Kier alpha value is -1.93. The van der Waals surface area contributed by atoms with E-state index in [-0.39, 0.29) is 31.7 Å². The second-order valence-electron chi connectivity index (χ2n) is 7.88. The van der Waals surface area contributed by atoms with Crippen LogP contribution in [0, 0.1) is 13.8 Å². The molecule has 4 rings (SSSR count). The van der Waals surface area contributed by atoms with Crippen molar-refractivity contribution in [1.82, 2.24) is 0 Å². The van der Waals surface area contributed by atoms with E-state index < -0.39 is 0 Å². The third-order valence-electron chi connectivity index (χ3n) is 3.23. The quantitative estimate of drug-likeness (QED) is 0.164. The number of hydrogen-bond acceptors (Lipinski definition) is 0. The Morgan fingerprint density at radius 2 is 1.03 bits per heavy atom. The van der Waals surface area contributed by atoms with Crippen LogP contribution in [0.4, 0.5) is 0 Å². The maximum atomic E-state index is 6.94. The summed E-state index contributed by atoms with van der Waals surface area (Å²) in [6.45, 7) is 17.3. The summed E-state index contributed by atoms with van der Waals surface area (Å²) in [5.74, 6) is 0. The summed E-state index contributed by atoms with van der Waals surface area (Å²) in [7, 11) is 1.08. The van der Waals surface area contributed by atoms with E-state index in [4.69, 9.17) is 5.73 Å². The van der Waals surface area contributed by atoms with Gasteiger partial charge in [0.2, 0.25) is 0 Å². The van der Waals surface area contributed by atoms with Crippen molar-refractivity contribution < 1.29 is 26.2 Å². The zero-order valence-corrected chi connectivity index (χ0v) is 23.7. The Morgan fingerprint density at radius 1 is 0.688 bits per heavy atom. The topological polar surface area (TPSA) is 23.8 Å². The van der Waals surface area contributed by atoms with Gasteiger partial charge in [0.05, 0.1) is 0 Å². The predicted molar refractivity (Wildman–Crippen MR) is 143 cm³/mol. The van der Waals surface area contributed by atoms with E-state index in [0.29, 0.717) is 0 Å². The Morgan fingerprint density at radius 3 is 1.34 bits per heavy atom. The van der Waals surface area contributed by atoms with Crippen LogP contribution in [0.15, 0.2) is 103 Å². The third-order valence-corrected chi connectivity index (χ3v) is 3.23. The first-order chi connectivity index (χ1) is 14.7. The maximum absolute atomic E-state index is 6.94.